The molecule has 2 heterocycles. The molecular formula is C16H25ClN4O4S2. The van der Waals surface area contributed by atoms with Crippen molar-refractivity contribution in [1.29, 1.82) is 0 Å². The molecule has 1 aliphatic heterocycles. The van der Waals surface area contributed by atoms with Crippen LogP contribution in [0.3, 0.4) is 0 Å². The molecular weight excluding hydrogens is 412 g/mol. The van der Waals surface area contributed by atoms with Crippen molar-refractivity contribution in [2.75, 3.05) is 39.8 Å². The predicted molar refractivity (Wildman–Crippen MR) is 107 cm³/mol. The van der Waals surface area contributed by atoms with Gasteiger partial charge in [0.15, 0.2) is 5.96 Å². The van der Waals surface area contributed by atoms with Gasteiger partial charge >= 0.3 is 5.97 Å². The largest absolute Gasteiger partial charge is 0.469 e. The van der Waals surface area contributed by atoms with Gasteiger partial charge in [-0.1, -0.05) is 18.5 Å². The Balaban J connectivity index is 1.95. The third-order valence-electron chi connectivity index (χ3n) is 4.23. The van der Waals surface area contributed by atoms with Gasteiger partial charge in [-0.05, 0) is 25.0 Å². The van der Waals surface area contributed by atoms with Gasteiger partial charge in [0.2, 0.25) is 10.0 Å². The van der Waals surface area contributed by atoms with E-state index in [4.69, 9.17) is 16.3 Å². The van der Waals surface area contributed by atoms with Crippen molar-refractivity contribution >= 4 is 44.9 Å². The molecule has 2 unspecified atom stereocenters. The van der Waals surface area contributed by atoms with Crippen LogP contribution in [0.1, 0.15) is 13.8 Å². The molecule has 0 aromatic carbocycles. The molecule has 2 N–H and O–H groups in total. The first-order valence-electron chi connectivity index (χ1n) is 8.64. The van der Waals surface area contributed by atoms with Crippen LogP contribution in [0, 0.1) is 11.8 Å². The van der Waals surface area contributed by atoms with E-state index in [1.54, 1.807) is 6.07 Å². The highest BCUT2D eigenvalue weighted by Crippen LogP contribution is 2.25. The van der Waals surface area contributed by atoms with E-state index in [0.717, 1.165) is 11.3 Å². The van der Waals surface area contributed by atoms with E-state index < -0.39 is 10.0 Å². The third-order valence-corrected chi connectivity index (χ3v) is 7.41. The first-order chi connectivity index (χ1) is 12.8. The second kappa shape index (κ2) is 9.72. The maximum Gasteiger partial charge on any atom is 0.310 e. The summed E-state index contributed by atoms with van der Waals surface area (Å²) in [5.41, 5.74) is 0. The van der Waals surface area contributed by atoms with Crippen molar-refractivity contribution < 1.29 is 17.9 Å². The first-order valence-corrected chi connectivity index (χ1v) is 11.3. The molecule has 1 aromatic heterocycles. The lowest BCUT2D eigenvalue weighted by Crippen LogP contribution is -2.41. The molecule has 1 aromatic rings. The van der Waals surface area contributed by atoms with Gasteiger partial charge in [-0.3, -0.25) is 9.79 Å². The molecule has 0 aliphatic carbocycles. The number of likely N-dealkylation sites (tertiary alicyclic amines) is 1. The molecule has 8 nitrogen and oxygen atoms in total. The van der Waals surface area contributed by atoms with E-state index in [-0.39, 0.29) is 35.1 Å². The van der Waals surface area contributed by atoms with Gasteiger partial charge in [0, 0.05) is 26.2 Å². The van der Waals surface area contributed by atoms with Crippen molar-refractivity contribution in [3.8, 4) is 0 Å². The lowest BCUT2D eigenvalue weighted by atomic mass is 9.99. The van der Waals surface area contributed by atoms with Crippen molar-refractivity contribution in [3.05, 3.63) is 16.5 Å². The van der Waals surface area contributed by atoms with E-state index >= 15 is 0 Å². The number of esters is 1. The molecule has 1 saturated heterocycles. The van der Waals surface area contributed by atoms with Crippen LogP contribution in [0.25, 0.3) is 0 Å². The highest BCUT2D eigenvalue weighted by atomic mass is 35.5. The van der Waals surface area contributed by atoms with Gasteiger partial charge < -0.3 is 15.0 Å². The van der Waals surface area contributed by atoms with E-state index in [1.807, 2.05) is 18.7 Å². The zero-order valence-corrected chi connectivity index (χ0v) is 18.0. The Morgan fingerprint density at radius 1 is 1.44 bits per heavy atom. The summed E-state index contributed by atoms with van der Waals surface area (Å²) < 4.78 is 32.3. The Bertz CT molecular complexity index is 781. The van der Waals surface area contributed by atoms with Crippen LogP contribution in [-0.2, 0) is 19.6 Å². The molecule has 0 radical (unpaired) electrons. The Labute approximate surface area is 169 Å². The minimum atomic E-state index is -3.58. The van der Waals surface area contributed by atoms with Gasteiger partial charge in [0.05, 0.1) is 23.9 Å². The number of nitrogens with zero attached hydrogens (tertiary/aromatic N) is 2. The maximum absolute atomic E-state index is 12.2. The molecule has 0 bridgehead atoms. The fraction of sp³-hybridized carbons (Fsp3) is 0.625. The lowest BCUT2D eigenvalue weighted by molar-refractivity contribution is -0.145. The lowest BCUT2D eigenvalue weighted by Gasteiger charge is -2.21. The molecule has 0 saturated carbocycles. The number of carbonyl (C=O) groups is 1. The van der Waals surface area contributed by atoms with Crippen LogP contribution in [0.15, 0.2) is 21.3 Å². The number of ether oxygens (including phenoxy) is 1. The SMILES string of the molecule is CCNC(=NCCNS(=O)(=O)c1ccc(Cl)s1)N1CC(C)C(C(=O)OC)C1. The minimum absolute atomic E-state index is 0.156. The Morgan fingerprint density at radius 3 is 2.78 bits per heavy atom. The van der Waals surface area contributed by atoms with Gasteiger partial charge in [-0.25, -0.2) is 13.1 Å². The molecule has 2 rings (SSSR count). The summed E-state index contributed by atoms with van der Waals surface area (Å²) in [7, 11) is -2.19. The molecule has 1 fully saturated rings. The van der Waals surface area contributed by atoms with E-state index in [0.29, 0.717) is 29.9 Å². The van der Waals surface area contributed by atoms with Gasteiger partial charge in [-0.15, -0.1) is 11.3 Å². The van der Waals surface area contributed by atoms with Crippen LogP contribution < -0.4 is 10.0 Å². The topological polar surface area (TPSA) is 100 Å². The Morgan fingerprint density at radius 2 is 2.19 bits per heavy atom. The fourth-order valence-corrected chi connectivity index (χ4v) is 5.43. The van der Waals surface area contributed by atoms with Crippen molar-refractivity contribution in [2.45, 2.75) is 18.1 Å². The van der Waals surface area contributed by atoms with Crippen LogP contribution >= 0.6 is 22.9 Å². The summed E-state index contributed by atoms with van der Waals surface area (Å²) >= 11 is 6.80. The van der Waals surface area contributed by atoms with Gasteiger partial charge in [0.1, 0.15) is 4.21 Å². The minimum Gasteiger partial charge on any atom is -0.469 e. The number of aliphatic imine (C=N–C) groups is 1. The number of rotatable bonds is 7. The number of methoxy groups -OCH3 is 1. The molecule has 1 aliphatic rings. The number of nitrogens with one attached hydrogen (secondary N) is 2. The number of carbonyl (C=O) groups excluding carboxylic acids is 1. The molecule has 27 heavy (non-hydrogen) atoms. The van der Waals surface area contributed by atoms with Crippen molar-refractivity contribution in [3.63, 3.8) is 0 Å². The van der Waals surface area contributed by atoms with Gasteiger partial charge in [-0.2, -0.15) is 0 Å². The predicted octanol–water partition coefficient (Wildman–Crippen LogP) is 1.39. The summed E-state index contributed by atoms with van der Waals surface area (Å²) in [4.78, 5) is 18.3. The number of sulfonamides is 1. The quantitative estimate of drug-likeness (QED) is 0.290. The number of hydrogen-bond donors (Lipinski definition) is 2. The molecule has 0 amide bonds. The van der Waals surface area contributed by atoms with Crippen LogP contribution in [0.2, 0.25) is 4.34 Å². The van der Waals surface area contributed by atoms with Crippen LogP contribution in [0.5, 0.6) is 0 Å². The molecule has 11 heteroatoms. The van der Waals surface area contributed by atoms with Crippen LogP contribution in [0.4, 0.5) is 0 Å². The van der Waals surface area contributed by atoms with Crippen molar-refractivity contribution in [1.82, 2.24) is 14.9 Å². The number of guanidine groups is 1. The Kier molecular flexibility index (Phi) is 7.90. The second-order valence-electron chi connectivity index (χ2n) is 6.20. The third kappa shape index (κ3) is 5.81. The Hall–Kier alpha value is -1.36. The summed E-state index contributed by atoms with van der Waals surface area (Å²) in [6, 6.07) is 3.02. The average molecular weight is 437 g/mol. The van der Waals surface area contributed by atoms with Gasteiger partial charge in [0.25, 0.3) is 0 Å². The summed E-state index contributed by atoms with van der Waals surface area (Å²) in [5, 5.41) is 3.19. The van der Waals surface area contributed by atoms with E-state index in [2.05, 4.69) is 15.0 Å². The highest BCUT2D eigenvalue weighted by Gasteiger charge is 2.36. The number of thiophene rings is 1. The number of hydrogen-bond acceptors (Lipinski definition) is 6. The monoisotopic (exact) mass is 436 g/mol. The molecule has 2 atom stereocenters. The fourth-order valence-electron chi connectivity index (χ4n) is 2.88. The maximum atomic E-state index is 12.2. The van der Waals surface area contributed by atoms with E-state index in [9.17, 15) is 13.2 Å². The first kappa shape index (κ1) is 21.9. The standard InChI is InChI=1S/C16H25ClN4O4S2/c1-4-18-16(21-9-11(2)12(10-21)15(22)25-3)19-7-8-20-27(23,24)14-6-5-13(17)26-14/h5-6,11-12,20H,4,7-10H2,1-3H3,(H,18,19). The molecule has 152 valence electrons. The highest BCUT2D eigenvalue weighted by molar-refractivity contribution is 7.91. The zero-order chi connectivity index (χ0) is 20.0. The van der Waals surface area contributed by atoms with E-state index in [1.165, 1.54) is 13.2 Å². The smallest absolute Gasteiger partial charge is 0.310 e. The second-order valence-corrected chi connectivity index (χ2v) is 9.91. The molecule has 0 spiro atoms. The van der Waals surface area contributed by atoms with Crippen molar-refractivity contribution in [2.24, 2.45) is 16.8 Å². The summed E-state index contributed by atoms with van der Waals surface area (Å²) in [6.07, 6.45) is 0. The number of halogens is 1. The average Bonchev–Trinajstić information content (AvgIpc) is 3.23. The normalized spacial score (nSPS) is 20.7. The summed E-state index contributed by atoms with van der Waals surface area (Å²) in [5.74, 6) is 0.404. The summed E-state index contributed by atoms with van der Waals surface area (Å²) in [6.45, 7) is 6.28. The van der Waals surface area contributed by atoms with Crippen LogP contribution in [-0.4, -0.2) is 65.1 Å². The zero-order valence-electron chi connectivity index (χ0n) is 15.6.